The van der Waals surface area contributed by atoms with Crippen molar-refractivity contribution in [3.8, 4) is 0 Å². The highest BCUT2D eigenvalue weighted by atomic mass is 16.7. The molecule has 1 heterocycles. The lowest BCUT2D eigenvalue weighted by atomic mass is 9.99. The summed E-state index contributed by atoms with van der Waals surface area (Å²) in [6.07, 6.45) is 14.5. The molecule has 0 bridgehead atoms. The Bertz CT molecular complexity index is 623. The van der Waals surface area contributed by atoms with Gasteiger partial charge in [0.15, 0.2) is 6.29 Å². The monoisotopic (exact) mass is 589 g/mol. The molecule has 9 nitrogen and oxygen atoms in total. The van der Waals surface area contributed by atoms with E-state index in [-0.39, 0.29) is 12.5 Å². The topological polar surface area (TPSA) is 149 Å². The van der Waals surface area contributed by atoms with Crippen molar-refractivity contribution in [2.45, 2.75) is 185 Å². The van der Waals surface area contributed by atoms with Crippen LogP contribution in [0.4, 0.5) is 0 Å². The molecule has 1 fully saturated rings. The maximum Gasteiger partial charge on any atom is 0.220 e. The van der Waals surface area contributed by atoms with E-state index in [1.165, 1.54) is 70.6 Å². The molecule has 1 aliphatic rings. The molecule has 7 atom stereocenters. The Morgan fingerprint density at radius 3 is 1.73 bits per heavy atom. The Labute approximate surface area is 249 Å². The van der Waals surface area contributed by atoms with E-state index in [1.54, 1.807) is 0 Å². The molecule has 1 amide bonds. The van der Waals surface area contributed by atoms with Gasteiger partial charge in [0.1, 0.15) is 24.4 Å². The largest absolute Gasteiger partial charge is 0.394 e. The SMILES string of the molecule is CCCCCCCCCCCCCCCCC(O)C(COC1OC(CO)C(O)C(O)C1O)NC(=O)CCCCCC. The van der Waals surface area contributed by atoms with Gasteiger partial charge in [-0.15, -0.1) is 0 Å². The van der Waals surface area contributed by atoms with Crippen LogP contribution in [0.5, 0.6) is 0 Å². The summed E-state index contributed by atoms with van der Waals surface area (Å²) in [5.41, 5.74) is 0. The number of carbonyl (C=O) groups excluding carboxylic acids is 1. The molecule has 0 aliphatic carbocycles. The zero-order chi connectivity index (χ0) is 30.3. The van der Waals surface area contributed by atoms with Crippen LogP contribution in [-0.2, 0) is 14.3 Å². The normalized spacial score (nSPS) is 24.3. The van der Waals surface area contributed by atoms with Crippen LogP contribution in [0, 0.1) is 0 Å². The van der Waals surface area contributed by atoms with Gasteiger partial charge in [-0.25, -0.2) is 0 Å². The number of aliphatic hydroxyl groups excluding tert-OH is 5. The summed E-state index contributed by atoms with van der Waals surface area (Å²) < 4.78 is 11.1. The van der Waals surface area contributed by atoms with Crippen LogP contribution in [0.2, 0.25) is 0 Å². The minimum absolute atomic E-state index is 0.136. The summed E-state index contributed by atoms with van der Waals surface area (Å²) in [5.74, 6) is -0.163. The molecule has 0 spiro atoms. The molecule has 0 radical (unpaired) electrons. The zero-order valence-electron chi connectivity index (χ0n) is 26.1. The molecule has 1 aliphatic heterocycles. The number of hydrogen-bond donors (Lipinski definition) is 6. The number of ether oxygens (including phenoxy) is 2. The average molecular weight is 590 g/mol. The Balaban J connectivity index is 2.39. The number of rotatable bonds is 26. The van der Waals surface area contributed by atoms with Crippen molar-refractivity contribution in [1.29, 1.82) is 0 Å². The fourth-order valence-electron chi connectivity index (χ4n) is 5.39. The van der Waals surface area contributed by atoms with Crippen molar-refractivity contribution in [2.75, 3.05) is 13.2 Å². The van der Waals surface area contributed by atoms with E-state index in [1.807, 2.05) is 0 Å². The lowest BCUT2D eigenvalue weighted by Crippen LogP contribution is -2.60. The predicted molar refractivity (Wildman–Crippen MR) is 161 cm³/mol. The standard InChI is InChI=1S/C32H63NO8/c1-3-5-7-9-10-11-12-13-14-15-16-17-18-19-21-26(35)25(33-28(36)22-20-8-6-4-2)24-40-32-31(39)30(38)29(37)27(23-34)41-32/h25-27,29-32,34-35,37-39H,3-24H2,1-2H3,(H,33,36). The first-order valence-electron chi connectivity index (χ1n) is 16.7. The van der Waals surface area contributed by atoms with Crippen molar-refractivity contribution in [1.82, 2.24) is 5.32 Å². The fraction of sp³-hybridized carbons (Fsp3) is 0.969. The van der Waals surface area contributed by atoms with E-state index in [0.29, 0.717) is 12.8 Å². The summed E-state index contributed by atoms with van der Waals surface area (Å²) >= 11 is 0. The number of amides is 1. The van der Waals surface area contributed by atoms with Crippen LogP contribution in [0.25, 0.3) is 0 Å². The summed E-state index contributed by atoms with van der Waals surface area (Å²) in [5, 5.41) is 53.5. The number of aliphatic hydroxyl groups is 5. The third kappa shape index (κ3) is 17.2. The van der Waals surface area contributed by atoms with Gasteiger partial charge in [0, 0.05) is 6.42 Å². The molecular formula is C32H63NO8. The van der Waals surface area contributed by atoms with Crippen LogP contribution in [-0.4, -0.2) is 87.5 Å². The molecule has 0 saturated carbocycles. The highest BCUT2D eigenvalue weighted by Crippen LogP contribution is 2.23. The molecule has 7 unspecified atom stereocenters. The second-order valence-electron chi connectivity index (χ2n) is 12.0. The predicted octanol–water partition coefficient (Wildman–Crippen LogP) is 4.49. The molecule has 0 aromatic carbocycles. The van der Waals surface area contributed by atoms with Gasteiger partial charge in [-0.05, 0) is 12.8 Å². The summed E-state index contributed by atoms with van der Waals surface area (Å²) in [7, 11) is 0. The minimum atomic E-state index is -1.54. The highest BCUT2D eigenvalue weighted by molar-refractivity contribution is 5.76. The van der Waals surface area contributed by atoms with E-state index in [9.17, 15) is 30.3 Å². The first-order valence-corrected chi connectivity index (χ1v) is 16.7. The smallest absolute Gasteiger partial charge is 0.220 e. The highest BCUT2D eigenvalue weighted by Gasteiger charge is 2.44. The van der Waals surface area contributed by atoms with Crippen molar-refractivity contribution in [3.05, 3.63) is 0 Å². The fourth-order valence-corrected chi connectivity index (χ4v) is 5.39. The Morgan fingerprint density at radius 1 is 0.732 bits per heavy atom. The molecule has 6 N–H and O–H groups in total. The van der Waals surface area contributed by atoms with Gasteiger partial charge in [-0.3, -0.25) is 4.79 Å². The first kappa shape index (κ1) is 38.2. The maximum atomic E-state index is 12.6. The van der Waals surface area contributed by atoms with Crippen molar-refractivity contribution in [2.24, 2.45) is 0 Å². The van der Waals surface area contributed by atoms with Crippen LogP contribution < -0.4 is 5.32 Å². The van der Waals surface area contributed by atoms with Gasteiger partial charge in [0.2, 0.25) is 5.91 Å². The first-order chi connectivity index (χ1) is 19.8. The van der Waals surface area contributed by atoms with Crippen molar-refractivity contribution >= 4 is 5.91 Å². The molecular weight excluding hydrogens is 526 g/mol. The van der Waals surface area contributed by atoms with Gasteiger partial charge in [0.05, 0.1) is 25.4 Å². The van der Waals surface area contributed by atoms with Crippen molar-refractivity contribution in [3.63, 3.8) is 0 Å². The van der Waals surface area contributed by atoms with Gasteiger partial charge in [-0.1, -0.05) is 123 Å². The van der Waals surface area contributed by atoms with E-state index in [4.69, 9.17) is 9.47 Å². The van der Waals surface area contributed by atoms with Gasteiger partial charge in [-0.2, -0.15) is 0 Å². The lowest BCUT2D eigenvalue weighted by Gasteiger charge is -2.40. The quantitative estimate of drug-likeness (QED) is 0.0809. The molecule has 41 heavy (non-hydrogen) atoms. The van der Waals surface area contributed by atoms with Crippen LogP contribution in [0.1, 0.15) is 142 Å². The molecule has 0 aromatic rings. The third-order valence-corrected chi connectivity index (χ3v) is 8.21. The lowest BCUT2D eigenvalue weighted by molar-refractivity contribution is -0.302. The van der Waals surface area contributed by atoms with Gasteiger partial charge >= 0.3 is 0 Å². The number of nitrogens with one attached hydrogen (secondary N) is 1. The Kier molecular flexibility index (Phi) is 22.9. The summed E-state index contributed by atoms with van der Waals surface area (Å²) in [6, 6.07) is -0.706. The molecule has 244 valence electrons. The molecule has 0 aromatic heterocycles. The van der Waals surface area contributed by atoms with Crippen molar-refractivity contribution < 1.29 is 39.8 Å². The maximum absolute atomic E-state index is 12.6. The Hall–Kier alpha value is -0.810. The van der Waals surface area contributed by atoms with Gasteiger partial charge < -0.3 is 40.3 Å². The number of carbonyl (C=O) groups is 1. The van der Waals surface area contributed by atoms with Gasteiger partial charge in [0.25, 0.3) is 0 Å². The van der Waals surface area contributed by atoms with E-state index >= 15 is 0 Å². The second kappa shape index (κ2) is 24.6. The van der Waals surface area contributed by atoms with Crippen LogP contribution in [0.15, 0.2) is 0 Å². The van der Waals surface area contributed by atoms with E-state index in [2.05, 4.69) is 19.2 Å². The number of hydrogen-bond acceptors (Lipinski definition) is 8. The molecule has 1 saturated heterocycles. The minimum Gasteiger partial charge on any atom is -0.394 e. The molecule has 9 heteroatoms. The average Bonchev–Trinajstić information content (AvgIpc) is 2.97. The Morgan fingerprint density at radius 2 is 1.22 bits per heavy atom. The summed E-state index contributed by atoms with van der Waals surface area (Å²) in [4.78, 5) is 12.6. The van der Waals surface area contributed by atoms with E-state index < -0.39 is 49.5 Å². The zero-order valence-corrected chi connectivity index (χ0v) is 26.1. The van der Waals surface area contributed by atoms with Crippen LogP contribution in [0.3, 0.4) is 0 Å². The number of unbranched alkanes of at least 4 members (excludes halogenated alkanes) is 16. The summed E-state index contributed by atoms with van der Waals surface area (Å²) in [6.45, 7) is 3.68. The molecule has 1 rings (SSSR count). The van der Waals surface area contributed by atoms with E-state index in [0.717, 1.165) is 44.9 Å². The second-order valence-corrected chi connectivity index (χ2v) is 12.0. The van der Waals surface area contributed by atoms with Crippen LogP contribution >= 0.6 is 0 Å². The third-order valence-electron chi connectivity index (χ3n) is 8.21.